The number of rotatable bonds is 3. The first-order valence-corrected chi connectivity index (χ1v) is 4.48. The Morgan fingerprint density at radius 1 is 1.36 bits per heavy atom. The highest BCUT2D eigenvalue weighted by Crippen LogP contribution is 1.71. The van der Waals surface area contributed by atoms with Crippen LogP contribution in [0.1, 0.15) is 6.92 Å². The van der Waals surface area contributed by atoms with Crippen molar-refractivity contribution in [3.63, 3.8) is 0 Å². The van der Waals surface area contributed by atoms with E-state index in [-0.39, 0.29) is 5.11 Å². The van der Waals surface area contributed by atoms with Gasteiger partial charge in [0, 0.05) is 7.05 Å². The van der Waals surface area contributed by atoms with Crippen LogP contribution in [0.25, 0.3) is 0 Å². The van der Waals surface area contributed by atoms with E-state index < -0.39 is 0 Å². The van der Waals surface area contributed by atoms with Gasteiger partial charge in [0.2, 0.25) is 0 Å². The molecule has 0 aliphatic heterocycles. The molecular weight excluding hydrogens is 220 g/mol. The molecule has 5 N–H and O–H groups in total. The molecule has 8 heteroatoms. The number of nitrogens with zero attached hydrogens (tertiary/aromatic N) is 2. The molecule has 0 fully saturated rings. The summed E-state index contributed by atoms with van der Waals surface area (Å²) >= 11 is 9.34. The molecule has 0 radical (unpaired) electrons. The van der Waals surface area contributed by atoms with Crippen molar-refractivity contribution < 1.29 is 0 Å². The molecular formula is C6H12N6S2. The Morgan fingerprint density at radius 3 is 2.50 bits per heavy atom. The second-order valence-corrected chi connectivity index (χ2v) is 3.03. The minimum Gasteiger partial charge on any atom is -0.375 e. The molecule has 0 heterocycles. The lowest BCUT2D eigenvalue weighted by molar-refractivity contribution is 0.982. The van der Waals surface area contributed by atoms with Gasteiger partial charge in [-0.1, -0.05) is 0 Å². The molecule has 0 unspecified atom stereocenters. The van der Waals surface area contributed by atoms with Gasteiger partial charge < -0.3 is 11.1 Å². The Labute approximate surface area is 93.0 Å². The highest BCUT2D eigenvalue weighted by molar-refractivity contribution is 7.80. The Hall–Kier alpha value is -1.28. The summed E-state index contributed by atoms with van der Waals surface area (Å²) in [7, 11) is 1.69. The highest BCUT2D eigenvalue weighted by atomic mass is 32.1. The summed E-state index contributed by atoms with van der Waals surface area (Å²) in [6.07, 6.45) is 1.48. The number of hydrogen-bond donors (Lipinski definition) is 4. The smallest absolute Gasteiger partial charge is 0.186 e. The van der Waals surface area contributed by atoms with Gasteiger partial charge in [0.15, 0.2) is 10.2 Å². The maximum atomic E-state index is 5.16. The maximum Gasteiger partial charge on any atom is 0.186 e. The van der Waals surface area contributed by atoms with Crippen LogP contribution < -0.4 is 21.9 Å². The summed E-state index contributed by atoms with van der Waals surface area (Å²) < 4.78 is 0. The first-order chi connectivity index (χ1) is 6.56. The van der Waals surface area contributed by atoms with Crippen LogP contribution >= 0.6 is 24.4 Å². The topological polar surface area (TPSA) is 86.8 Å². The standard InChI is InChI=1S/C6H12N6S2/c1-4(10-11-5(7)13)3-9-12-6(14)8-2/h3H,1-2H3,(H3,7,11,13)(H2,8,12,14)/b9-3-,10-4-. The van der Waals surface area contributed by atoms with Crippen molar-refractivity contribution in [1.29, 1.82) is 0 Å². The maximum absolute atomic E-state index is 5.16. The Morgan fingerprint density at radius 2 is 2.00 bits per heavy atom. The molecule has 0 saturated carbocycles. The fourth-order valence-electron chi connectivity index (χ4n) is 0.412. The fourth-order valence-corrected chi connectivity index (χ4v) is 0.511. The van der Waals surface area contributed by atoms with E-state index in [1.807, 2.05) is 0 Å². The van der Waals surface area contributed by atoms with Gasteiger partial charge in [-0.15, -0.1) is 0 Å². The molecule has 0 saturated heterocycles. The van der Waals surface area contributed by atoms with Crippen molar-refractivity contribution in [3.05, 3.63) is 0 Å². The number of thiocarbonyl (C=S) groups is 2. The summed E-state index contributed by atoms with van der Waals surface area (Å²) in [6, 6.07) is 0. The van der Waals surface area contributed by atoms with Crippen LogP contribution in [-0.4, -0.2) is 29.2 Å². The average Bonchev–Trinajstić information content (AvgIpc) is 2.14. The predicted molar refractivity (Wildman–Crippen MR) is 66.3 cm³/mol. The van der Waals surface area contributed by atoms with Crippen LogP contribution in [0.3, 0.4) is 0 Å². The summed E-state index contributed by atoms with van der Waals surface area (Å²) in [4.78, 5) is 0. The molecule has 0 atom stereocenters. The molecule has 0 amide bonds. The van der Waals surface area contributed by atoms with Crippen molar-refractivity contribution in [3.8, 4) is 0 Å². The molecule has 0 aromatic heterocycles. The molecule has 78 valence electrons. The summed E-state index contributed by atoms with van der Waals surface area (Å²) in [5.74, 6) is 0. The Kier molecular flexibility index (Phi) is 6.50. The van der Waals surface area contributed by atoms with Crippen molar-refractivity contribution in [2.75, 3.05) is 7.05 Å². The van der Waals surface area contributed by atoms with Crippen LogP contribution in [-0.2, 0) is 0 Å². The Balaban J connectivity index is 3.92. The Bertz CT molecular complexity index is 271. The minimum atomic E-state index is 0.108. The second kappa shape index (κ2) is 7.15. The van der Waals surface area contributed by atoms with Crippen LogP contribution in [0.5, 0.6) is 0 Å². The van der Waals surface area contributed by atoms with E-state index >= 15 is 0 Å². The van der Waals surface area contributed by atoms with E-state index in [0.29, 0.717) is 10.8 Å². The van der Waals surface area contributed by atoms with Gasteiger partial charge in [-0.2, -0.15) is 10.2 Å². The molecule has 0 rings (SSSR count). The van der Waals surface area contributed by atoms with Crippen molar-refractivity contribution in [2.24, 2.45) is 15.9 Å². The first kappa shape index (κ1) is 12.7. The third-order valence-electron chi connectivity index (χ3n) is 0.987. The zero-order valence-corrected chi connectivity index (χ0v) is 9.50. The van der Waals surface area contributed by atoms with E-state index in [4.69, 9.17) is 18.0 Å². The second-order valence-electron chi connectivity index (χ2n) is 2.18. The predicted octanol–water partition coefficient (Wildman–Crippen LogP) is -0.725. The minimum absolute atomic E-state index is 0.108. The van der Waals surface area contributed by atoms with Gasteiger partial charge in [0.25, 0.3) is 0 Å². The number of nitrogens with two attached hydrogens (primary N) is 1. The van der Waals surface area contributed by atoms with Crippen molar-refractivity contribution in [1.82, 2.24) is 16.2 Å². The molecule has 0 aliphatic rings. The van der Waals surface area contributed by atoms with Gasteiger partial charge >= 0.3 is 0 Å². The highest BCUT2D eigenvalue weighted by Gasteiger charge is 1.87. The lowest BCUT2D eigenvalue weighted by atomic mass is 10.5. The quantitative estimate of drug-likeness (QED) is 0.292. The molecule has 0 aromatic carbocycles. The summed E-state index contributed by atoms with van der Waals surface area (Å²) in [5, 5.41) is 10.8. The molecule has 0 bridgehead atoms. The van der Waals surface area contributed by atoms with E-state index in [0.717, 1.165) is 0 Å². The van der Waals surface area contributed by atoms with Crippen molar-refractivity contribution >= 4 is 46.6 Å². The third-order valence-corrected chi connectivity index (χ3v) is 1.37. The summed E-state index contributed by atoms with van der Waals surface area (Å²) in [5.41, 5.74) is 10.8. The lowest BCUT2D eigenvalue weighted by Crippen LogP contribution is -2.29. The zero-order valence-electron chi connectivity index (χ0n) is 7.87. The van der Waals surface area contributed by atoms with Gasteiger partial charge in [-0.25, -0.2) is 0 Å². The van der Waals surface area contributed by atoms with Crippen LogP contribution in [0.4, 0.5) is 0 Å². The van der Waals surface area contributed by atoms with Crippen LogP contribution in [0, 0.1) is 0 Å². The van der Waals surface area contributed by atoms with E-state index in [2.05, 4.69) is 38.6 Å². The van der Waals surface area contributed by atoms with Crippen LogP contribution in [0.2, 0.25) is 0 Å². The number of hydrazone groups is 2. The molecule has 0 aliphatic carbocycles. The number of nitrogens with one attached hydrogen (secondary N) is 3. The molecule has 14 heavy (non-hydrogen) atoms. The van der Waals surface area contributed by atoms with Gasteiger partial charge in [0.1, 0.15) is 0 Å². The van der Waals surface area contributed by atoms with Crippen molar-refractivity contribution in [2.45, 2.75) is 6.92 Å². The lowest BCUT2D eigenvalue weighted by Gasteiger charge is -1.99. The average molecular weight is 232 g/mol. The molecule has 0 spiro atoms. The zero-order chi connectivity index (χ0) is 11.0. The van der Waals surface area contributed by atoms with Gasteiger partial charge in [0.05, 0.1) is 11.9 Å². The molecule has 0 aromatic rings. The monoisotopic (exact) mass is 232 g/mol. The fraction of sp³-hybridized carbons (Fsp3) is 0.333. The summed E-state index contributed by atoms with van der Waals surface area (Å²) in [6.45, 7) is 1.73. The molecule has 6 nitrogen and oxygen atoms in total. The largest absolute Gasteiger partial charge is 0.375 e. The van der Waals surface area contributed by atoms with Gasteiger partial charge in [-0.3, -0.25) is 10.9 Å². The first-order valence-electron chi connectivity index (χ1n) is 3.66. The SMILES string of the molecule is CNC(=S)N/N=C\C(C)=N/NC(N)=S. The normalized spacial score (nSPS) is 11.1. The third kappa shape index (κ3) is 7.37. The van der Waals surface area contributed by atoms with Crippen LogP contribution in [0.15, 0.2) is 10.2 Å². The van der Waals surface area contributed by atoms with E-state index in [9.17, 15) is 0 Å². The van der Waals surface area contributed by atoms with Gasteiger partial charge in [-0.05, 0) is 31.4 Å². The van der Waals surface area contributed by atoms with E-state index in [1.165, 1.54) is 6.21 Å². The van der Waals surface area contributed by atoms with E-state index in [1.54, 1.807) is 14.0 Å². The number of hydrogen-bond acceptors (Lipinski definition) is 4.